The summed E-state index contributed by atoms with van der Waals surface area (Å²) in [6.45, 7) is 0. The molecule has 0 aliphatic rings. The van der Waals surface area contributed by atoms with E-state index in [1.807, 2.05) is 0 Å². The average Bonchev–Trinajstić information content (AvgIpc) is 1.83. The SMILES string of the molecule is O=c1c(F)c[nH]cc1Cl. The molecule has 0 saturated heterocycles. The minimum absolute atomic E-state index is 0.130. The van der Waals surface area contributed by atoms with Crippen molar-refractivity contribution < 1.29 is 4.39 Å². The Kier molecular flexibility index (Phi) is 1.53. The van der Waals surface area contributed by atoms with Gasteiger partial charge in [-0.25, -0.2) is 4.39 Å². The molecule has 48 valence electrons. The molecule has 0 saturated carbocycles. The molecule has 0 aliphatic carbocycles. The van der Waals surface area contributed by atoms with E-state index >= 15 is 0 Å². The fourth-order valence-corrected chi connectivity index (χ4v) is 0.586. The molecule has 0 bridgehead atoms. The maximum Gasteiger partial charge on any atom is 0.235 e. The molecule has 9 heavy (non-hydrogen) atoms. The van der Waals surface area contributed by atoms with Gasteiger partial charge in [0.15, 0.2) is 5.82 Å². The second kappa shape index (κ2) is 2.19. The number of halogens is 2. The van der Waals surface area contributed by atoms with Crippen LogP contribution < -0.4 is 5.43 Å². The van der Waals surface area contributed by atoms with Crippen molar-refractivity contribution in [2.75, 3.05) is 0 Å². The van der Waals surface area contributed by atoms with Crippen LogP contribution in [0, 0.1) is 5.82 Å². The Morgan fingerprint density at radius 2 is 2.22 bits per heavy atom. The number of aromatic nitrogens is 1. The lowest BCUT2D eigenvalue weighted by molar-refractivity contribution is 0.611. The Bertz CT molecular complexity index is 247. The van der Waals surface area contributed by atoms with Gasteiger partial charge in [-0.05, 0) is 0 Å². The van der Waals surface area contributed by atoms with Crippen LogP contribution in [0.4, 0.5) is 4.39 Å². The van der Waals surface area contributed by atoms with Crippen molar-refractivity contribution in [1.29, 1.82) is 0 Å². The quantitative estimate of drug-likeness (QED) is 0.587. The van der Waals surface area contributed by atoms with E-state index in [0.717, 1.165) is 6.20 Å². The molecular weight excluding hydrogens is 145 g/mol. The van der Waals surface area contributed by atoms with Gasteiger partial charge in [-0.2, -0.15) is 0 Å². The van der Waals surface area contributed by atoms with Crippen molar-refractivity contribution in [3.05, 3.63) is 33.5 Å². The molecule has 0 amide bonds. The first kappa shape index (κ1) is 6.29. The molecule has 0 aliphatic heterocycles. The van der Waals surface area contributed by atoms with Crippen molar-refractivity contribution in [3.8, 4) is 0 Å². The molecule has 0 unspecified atom stereocenters. The van der Waals surface area contributed by atoms with Gasteiger partial charge >= 0.3 is 0 Å². The van der Waals surface area contributed by atoms with Crippen LogP contribution in [0.15, 0.2) is 17.2 Å². The van der Waals surface area contributed by atoms with Crippen LogP contribution in [0.3, 0.4) is 0 Å². The monoisotopic (exact) mass is 147 g/mol. The van der Waals surface area contributed by atoms with Crippen molar-refractivity contribution in [2.45, 2.75) is 0 Å². The topological polar surface area (TPSA) is 32.9 Å². The first-order chi connectivity index (χ1) is 4.22. The van der Waals surface area contributed by atoms with E-state index in [2.05, 4.69) is 4.98 Å². The highest BCUT2D eigenvalue weighted by molar-refractivity contribution is 6.30. The lowest BCUT2D eigenvalue weighted by Gasteiger charge is -1.86. The number of pyridine rings is 1. The molecular formula is C5H3ClFNO. The molecule has 1 rings (SSSR count). The lowest BCUT2D eigenvalue weighted by atomic mass is 10.5. The van der Waals surface area contributed by atoms with Crippen LogP contribution in [-0.2, 0) is 0 Å². The van der Waals surface area contributed by atoms with E-state index in [9.17, 15) is 9.18 Å². The Morgan fingerprint density at radius 3 is 2.67 bits per heavy atom. The zero-order valence-electron chi connectivity index (χ0n) is 4.32. The van der Waals surface area contributed by atoms with Gasteiger partial charge in [0.05, 0.1) is 0 Å². The Morgan fingerprint density at radius 1 is 1.56 bits per heavy atom. The molecule has 2 nitrogen and oxygen atoms in total. The van der Waals surface area contributed by atoms with Crippen LogP contribution in [0.2, 0.25) is 5.02 Å². The van der Waals surface area contributed by atoms with Gasteiger partial charge in [0, 0.05) is 12.4 Å². The summed E-state index contributed by atoms with van der Waals surface area (Å²) in [5.74, 6) is -0.859. The van der Waals surface area contributed by atoms with Gasteiger partial charge in [-0.3, -0.25) is 4.79 Å². The summed E-state index contributed by atoms with van der Waals surface area (Å²) in [4.78, 5) is 12.8. The van der Waals surface area contributed by atoms with E-state index in [1.54, 1.807) is 0 Å². The predicted molar refractivity (Wildman–Crippen MR) is 32.0 cm³/mol. The van der Waals surface area contributed by atoms with Crippen molar-refractivity contribution >= 4 is 11.6 Å². The Balaban J connectivity index is 3.43. The van der Waals surface area contributed by atoms with Crippen molar-refractivity contribution in [1.82, 2.24) is 4.98 Å². The fourth-order valence-electron chi connectivity index (χ4n) is 0.433. The van der Waals surface area contributed by atoms with E-state index in [-0.39, 0.29) is 5.02 Å². The van der Waals surface area contributed by atoms with Crippen LogP contribution in [0.1, 0.15) is 0 Å². The third-order valence-electron chi connectivity index (χ3n) is 0.854. The van der Waals surface area contributed by atoms with E-state index < -0.39 is 11.2 Å². The maximum atomic E-state index is 12.2. The van der Waals surface area contributed by atoms with Gasteiger partial charge in [0.2, 0.25) is 5.43 Å². The first-order valence-electron chi connectivity index (χ1n) is 2.24. The number of nitrogens with one attached hydrogen (secondary N) is 1. The third kappa shape index (κ3) is 1.10. The largest absolute Gasteiger partial charge is 0.364 e. The van der Waals surface area contributed by atoms with E-state index in [0.29, 0.717) is 0 Å². The second-order valence-electron chi connectivity index (χ2n) is 1.48. The van der Waals surface area contributed by atoms with Gasteiger partial charge in [-0.15, -0.1) is 0 Å². The number of hydrogen-bond acceptors (Lipinski definition) is 1. The molecule has 0 spiro atoms. The molecule has 1 heterocycles. The minimum atomic E-state index is -0.859. The van der Waals surface area contributed by atoms with Crippen LogP contribution in [0.5, 0.6) is 0 Å². The molecule has 1 N–H and O–H groups in total. The number of aromatic amines is 1. The second-order valence-corrected chi connectivity index (χ2v) is 1.89. The fraction of sp³-hybridized carbons (Fsp3) is 0. The summed E-state index contributed by atoms with van der Waals surface area (Å²) in [5, 5.41) is -0.130. The van der Waals surface area contributed by atoms with Crippen molar-refractivity contribution in [3.63, 3.8) is 0 Å². The standard InChI is InChI=1S/C5H3ClFNO/c6-3-1-8-2-4(7)5(3)9/h1-2H,(H,8,9). The smallest absolute Gasteiger partial charge is 0.235 e. The highest BCUT2D eigenvalue weighted by Gasteiger charge is 1.98. The summed E-state index contributed by atoms with van der Waals surface area (Å²) in [7, 11) is 0. The van der Waals surface area contributed by atoms with Gasteiger partial charge in [-0.1, -0.05) is 11.6 Å². The molecule has 0 aromatic carbocycles. The number of rotatable bonds is 0. The minimum Gasteiger partial charge on any atom is -0.364 e. The lowest BCUT2D eigenvalue weighted by Crippen LogP contribution is -2.05. The molecule has 1 aromatic rings. The van der Waals surface area contributed by atoms with Crippen LogP contribution in [-0.4, -0.2) is 4.98 Å². The van der Waals surface area contributed by atoms with E-state index in [1.165, 1.54) is 6.20 Å². The highest BCUT2D eigenvalue weighted by atomic mass is 35.5. The zero-order valence-corrected chi connectivity index (χ0v) is 5.07. The molecule has 4 heteroatoms. The zero-order chi connectivity index (χ0) is 6.85. The molecule has 0 radical (unpaired) electrons. The van der Waals surface area contributed by atoms with E-state index in [4.69, 9.17) is 11.6 Å². The average molecular weight is 148 g/mol. The Hall–Kier alpha value is -0.830. The summed E-state index contributed by atoms with van der Waals surface area (Å²) in [6, 6.07) is 0. The number of H-pyrrole nitrogens is 1. The summed E-state index contributed by atoms with van der Waals surface area (Å²) in [5.41, 5.74) is -0.768. The van der Waals surface area contributed by atoms with Gasteiger partial charge in [0.25, 0.3) is 0 Å². The van der Waals surface area contributed by atoms with Crippen LogP contribution >= 0.6 is 11.6 Å². The third-order valence-corrected chi connectivity index (χ3v) is 1.13. The summed E-state index contributed by atoms with van der Waals surface area (Å²) < 4.78 is 12.2. The molecule has 0 atom stereocenters. The molecule has 0 fully saturated rings. The molecule has 1 aromatic heterocycles. The summed E-state index contributed by atoms with van der Waals surface area (Å²) >= 11 is 5.23. The highest BCUT2D eigenvalue weighted by Crippen LogP contribution is 1.97. The van der Waals surface area contributed by atoms with Gasteiger partial charge < -0.3 is 4.98 Å². The number of hydrogen-bond donors (Lipinski definition) is 1. The summed E-state index contributed by atoms with van der Waals surface area (Å²) in [6.07, 6.45) is 2.18. The van der Waals surface area contributed by atoms with Crippen LogP contribution in [0.25, 0.3) is 0 Å². The predicted octanol–water partition coefficient (Wildman–Crippen LogP) is 1.17. The van der Waals surface area contributed by atoms with Gasteiger partial charge in [0.1, 0.15) is 5.02 Å². The maximum absolute atomic E-state index is 12.2. The van der Waals surface area contributed by atoms with Crippen molar-refractivity contribution in [2.24, 2.45) is 0 Å². The Labute approximate surface area is 55.3 Å². The normalized spacial score (nSPS) is 9.56. The first-order valence-corrected chi connectivity index (χ1v) is 2.61.